The van der Waals surface area contributed by atoms with E-state index in [-0.39, 0.29) is 25.0 Å². The van der Waals surface area contributed by atoms with Crippen molar-refractivity contribution in [2.45, 2.75) is 12.8 Å². The standard InChI is InChI=1S/C17H16N2O5/c20-16(9-12-2-3-14-15(8-12)24-11-23-14)18-5-1-6-19(18)17(21)13-4-7-22-10-13/h2-4,7-8,10H,1,5-6,9,11H2. The Bertz CT molecular complexity index is 771. The van der Waals surface area contributed by atoms with Crippen LogP contribution in [0.25, 0.3) is 0 Å². The summed E-state index contributed by atoms with van der Waals surface area (Å²) in [5.41, 5.74) is 1.27. The average Bonchev–Trinajstić information content (AvgIpc) is 3.33. The number of benzene rings is 1. The topological polar surface area (TPSA) is 72.2 Å². The second-order valence-corrected chi connectivity index (χ2v) is 5.68. The molecule has 0 atom stereocenters. The second-order valence-electron chi connectivity index (χ2n) is 5.68. The largest absolute Gasteiger partial charge is 0.472 e. The molecule has 7 nitrogen and oxygen atoms in total. The summed E-state index contributed by atoms with van der Waals surface area (Å²) in [5, 5.41) is 3.00. The average molecular weight is 328 g/mol. The van der Waals surface area contributed by atoms with Gasteiger partial charge in [0.1, 0.15) is 6.26 Å². The van der Waals surface area contributed by atoms with Crippen molar-refractivity contribution in [3.63, 3.8) is 0 Å². The van der Waals surface area contributed by atoms with Gasteiger partial charge in [0.25, 0.3) is 5.91 Å². The molecule has 3 heterocycles. The molecule has 0 spiro atoms. The van der Waals surface area contributed by atoms with E-state index < -0.39 is 0 Å². The zero-order valence-electron chi connectivity index (χ0n) is 12.9. The second kappa shape index (κ2) is 5.92. The van der Waals surface area contributed by atoms with E-state index in [9.17, 15) is 9.59 Å². The maximum atomic E-state index is 12.6. The molecule has 0 unspecified atom stereocenters. The molecule has 1 fully saturated rings. The van der Waals surface area contributed by atoms with Gasteiger partial charge in [0.2, 0.25) is 12.7 Å². The molecular weight excluding hydrogens is 312 g/mol. The van der Waals surface area contributed by atoms with Crippen LogP contribution >= 0.6 is 0 Å². The molecule has 2 aromatic rings. The van der Waals surface area contributed by atoms with Gasteiger partial charge in [0, 0.05) is 13.1 Å². The van der Waals surface area contributed by atoms with Crippen LogP contribution in [-0.2, 0) is 11.2 Å². The Morgan fingerprint density at radius 2 is 1.88 bits per heavy atom. The number of hydrogen-bond acceptors (Lipinski definition) is 5. The molecule has 4 rings (SSSR count). The van der Waals surface area contributed by atoms with Gasteiger partial charge in [-0.2, -0.15) is 0 Å². The van der Waals surface area contributed by atoms with E-state index in [1.165, 1.54) is 22.5 Å². The highest BCUT2D eigenvalue weighted by atomic mass is 16.7. The van der Waals surface area contributed by atoms with Crippen molar-refractivity contribution in [1.29, 1.82) is 0 Å². The molecule has 2 amide bonds. The first kappa shape index (κ1) is 14.6. The van der Waals surface area contributed by atoms with Gasteiger partial charge in [0.05, 0.1) is 18.2 Å². The molecule has 7 heteroatoms. The summed E-state index contributed by atoms with van der Waals surface area (Å²) in [5.74, 6) is 0.987. The van der Waals surface area contributed by atoms with Crippen LogP contribution in [0.1, 0.15) is 22.3 Å². The Labute approximate surface area is 138 Å². The first-order valence-electron chi connectivity index (χ1n) is 7.75. The molecule has 124 valence electrons. The van der Waals surface area contributed by atoms with E-state index >= 15 is 0 Å². The summed E-state index contributed by atoms with van der Waals surface area (Å²) in [7, 11) is 0. The molecule has 1 aromatic heterocycles. The predicted molar refractivity (Wildman–Crippen MR) is 82.3 cm³/mol. The van der Waals surface area contributed by atoms with E-state index in [0.717, 1.165) is 12.0 Å². The highest BCUT2D eigenvalue weighted by molar-refractivity contribution is 5.95. The maximum Gasteiger partial charge on any atom is 0.275 e. The van der Waals surface area contributed by atoms with Gasteiger partial charge in [0.15, 0.2) is 11.5 Å². The summed E-state index contributed by atoms with van der Waals surface area (Å²) >= 11 is 0. The van der Waals surface area contributed by atoms with Crippen LogP contribution in [0.5, 0.6) is 11.5 Å². The number of hydrogen-bond donors (Lipinski definition) is 0. The van der Waals surface area contributed by atoms with Crippen LogP contribution in [0.2, 0.25) is 0 Å². The highest BCUT2D eigenvalue weighted by Gasteiger charge is 2.31. The molecule has 0 radical (unpaired) electrons. The van der Waals surface area contributed by atoms with Gasteiger partial charge >= 0.3 is 0 Å². The normalized spacial score (nSPS) is 15.8. The number of carbonyl (C=O) groups excluding carboxylic acids is 2. The lowest BCUT2D eigenvalue weighted by Gasteiger charge is -2.27. The Morgan fingerprint density at radius 1 is 1.04 bits per heavy atom. The minimum atomic E-state index is -0.222. The summed E-state index contributed by atoms with van der Waals surface area (Å²) in [6.07, 6.45) is 3.80. The van der Waals surface area contributed by atoms with E-state index in [1.807, 2.05) is 6.07 Å². The van der Waals surface area contributed by atoms with Crippen molar-refractivity contribution < 1.29 is 23.5 Å². The van der Waals surface area contributed by atoms with Crippen molar-refractivity contribution >= 4 is 11.8 Å². The van der Waals surface area contributed by atoms with E-state index in [4.69, 9.17) is 13.9 Å². The van der Waals surface area contributed by atoms with Crippen molar-refractivity contribution in [1.82, 2.24) is 10.0 Å². The summed E-state index contributed by atoms with van der Waals surface area (Å²) < 4.78 is 15.6. The molecule has 24 heavy (non-hydrogen) atoms. The lowest BCUT2D eigenvalue weighted by Crippen LogP contribution is -2.45. The minimum Gasteiger partial charge on any atom is -0.472 e. The van der Waals surface area contributed by atoms with Crippen LogP contribution in [0.15, 0.2) is 41.2 Å². The Kier molecular flexibility index (Phi) is 3.60. The Hall–Kier alpha value is -2.96. The van der Waals surface area contributed by atoms with Gasteiger partial charge in [-0.1, -0.05) is 6.07 Å². The molecule has 0 bridgehead atoms. The van der Waals surface area contributed by atoms with Gasteiger partial charge in [-0.3, -0.25) is 14.6 Å². The third-order valence-corrected chi connectivity index (χ3v) is 4.11. The summed E-state index contributed by atoms with van der Waals surface area (Å²) in [4.78, 5) is 25.1. The molecular formula is C17H16N2O5. The number of nitrogens with zero attached hydrogens (tertiary/aromatic N) is 2. The number of furan rings is 1. The zero-order valence-corrected chi connectivity index (χ0v) is 12.9. The predicted octanol–water partition coefficient (Wildman–Crippen LogP) is 1.84. The molecule has 1 aromatic carbocycles. The van der Waals surface area contributed by atoms with Crippen molar-refractivity contribution in [3.05, 3.63) is 47.9 Å². The SMILES string of the molecule is O=C(Cc1ccc2c(c1)OCO2)N1CCCN1C(=O)c1ccoc1. The quantitative estimate of drug-likeness (QED) is 0.860. The highest BCUT2D eigenvalue weighted by Crippen LogP contribution is 2.32. The molecule has 0 aliphatic carbocycles. The number of carbonyl (C=O) groups is 2. The van der Waals surface area contributed by atoms with Crippen LogP contribution in [0, 0.1) is 0 Å². The summed E-state index contributed by atoms with van der Waals surface area (Å²) in [6.45, 7) is 1.26. The van der Waals surface area contributed by atoms with Gasteiger partial charge in [-0.05, 0) is 30.2 Å². The van der Waals surface area contributed by atoms with Gasteiger partial charge in [-0.25, -0.2) is 5.01 Å². The first-order valence-corrected chi connectivity index (χ1v) is 7.75. The molecule has 2 aliphatic heterocycles. The maximum absolute atomic E-state index is 12.6. The lowest BCUT2D eigenvalue weighted by atomic mass is 10.1. The van der Waals surface area contributed by atoms with Crippen LogP contribution in [0.3, 0.4) is 0 Å². The number of amides is 2. The molecule has 0 N–H and O–H groups in total. The third-order valence-electron chi connectivity index (χ3n) is 4.11. The number of fused-ring (bicyclic) bond motifs is 1. The summed E-state index contributed by atoms with van der Waals surface area (Å²) in [6, 6.07) is 7.03. The van der Waals surface area contributed by atoms with Gasteiger partial charge in [-0.15, -0.1) is 0 Å². The lowest BCUT2D eigenvalue weighted by molar-refractivity contribution is -0.139. The van der Waals surface area contributed by atoms with Crippen LogP contribution in [0.4, 0.5) is 0 Å². The van der Waals surface area contributed by atoms with E-state index in [1.54, 1.807) is 18.2 Å². The molecule has 1 saturated heterocycles. The van der Waals surface area contributed by atoms with Crippen LogP contribution < -0.4 is 9.47 Å². The van der Waals surface area contributed by atoms with Gasteiger partial charge < -0.3 is 13.9 Å². The third kappa shape index (κ3) is 2.58. The van der Waals surface area contributed by atoms with Crippen molar-refractivity contribution in [2.24, 2.45) is 0 Å². The smallest absolute Gasteiger partial charge is 0.275 e. The fourth-order valence-electron chi connectivity index (χ4n) is 2.93. The first-order chi connectivity index (χ1) is 11.7. The fourth-order valence-corrected chi connectivity index (χ4v) is 2.93. The minimum absolute atomic E-state index is 0.122. The Morgan fingerprint density at radius 3 is 2.71 bits per heavy atom. The van der Waals surface area contributed by atoms with Crippen molar-refractivity contribution in [2.75, 3.05) is 19.9 Å². The Balaban J connectivity index is 1.48. The van der Waals surface area contributed by atoms with Crippen molar-refractivity contribution in [3.8, 4) is 11.5 Å². The zero-order chi connectivity index (χ0) is 16.5. The fraction of sp³-hybridized carbons (Fsp3) is 0.294. The van der Waals surface area contributed by atoms with E-state index in [0.29, 0.717) is 30.2 Å². The van der Waals surface area contributed by atoms with E-state index in [2.05, 4.69) is 0 Å². The van der Waals surface area contributed by atoms with Crippen LogP contribution in [-0.4, -0.2) is 41.7 Å². The number of ether oxygens (including phenoxy) is 2. The monoisotopic (exact) mass is 328 g/mol. The molecule has 2 aliphatic rings. The number of rotatable bonds is 3. The molecule has 0 saturated carbocycles. The number of hydrazine groups is 1.